The van der Waals surface area contributed by atoms with Gasteiger partial charge < -0.3 is 0 Å². The van der Waals surface area contributed by atoms with E-state index in [0.717, 1.165) is 22.6 Å². The van der Waals surface area contributed by atoms with Crippen LogP contribution in [0.2, 0.25) is 10.0 Å². The van der Waals surface area contributed by atoms with E-state index in [1.165, 1.54) is 0 Å². The molecule has 0 aliphatic carbocycles. The molecule has 0 spiro atoms. The fraction of sp³-hybridized carbons (Fsp3) is 0. The SMILES string of the molecule is Clc1ccc(-c2cc3[nH]nc(-c4ccccn4)n3n2)c(Cl)c1. The molecule has 108 valence electrons. The van der Waals surface area contributed by atoms with Gasteiger partial charge >= 0.3 is 0 Å². The van der Waals surface area contributed by atoms with Gasteiger partial charge in [0.25, 0.3) is 0 Å². The standard InChI is InChI=1S/C15H9Cl2N5/c16-9-4-5-10(11(17)7-9)13-8-14-19-20-15(22(14)21-13)12-3-1-2-6-18-12/h1-8,19H. The van der Waals surface area contributed by atoms with E-state index >= 15 is 0 Å². The zero-order valence-electron chi connectivity index (χ0n) is 11.2. The molecule has 5 nitrogen and oxygen atoms in total. The van der Waals surface area contributed by atoms with Gasteiger partial charge in [0, 0.05) is 22.8 Å². The van der Waals surface area contributed by atoms with Crippen molar-refractivity contribution in [3.8, 4) is 22.8 Å². The molecular formula is C15H9Cl2N5. The second kappa shape index (κ2) is 5.12. The molecule has 0 atom stereocenters. The lowest BCUT2D eigenvalue weighted by Gasteiger charge is -2.00. The molecule has 3 heterocycles. The van der Waals surface area contributed by atoms with Crippen LogP contribution in [0.15, 0.2) is 48.7 Å². The maximum absolute atomic E-state index is 6.24. The molecule has 0 radical (unpaired) electrons. The molecule has 7 heteroatoms. The van der Waals surface area contributed by atoms with Crippen LogP contribution in [0.3, 0.4) is 0 Å². The van der Waals surface area contributed by atoms with Crippen LogP contribution in [0.5, 0.6) is 0 Å². The van der Waals surface area contributed by atoms with E-state index in [0.29, 0.717) is 15.9 Å². The predicted octanol–water partition coefficient (Wildman–Crippen LogP) is 4.09. The molecule has 0 aliphatic rings. The van der Waals surface area contributed by atoms with Gasteiger partial charge in [-0.15, -0.1) is 0 Å². The van der Waals surface area contributed by atoms with Crippen LogP contribution in [0.4, 0.5) is 0 Å². The molecule has 0 saturated heterocycles. The summed E-state index contributed by atoms with van der Waals surface area (Å²) in [4.78, 5) is 4.30. The first-order valence-electron chi connectivity index (χ1n) is 6.53. The van der Waals surface area contributed by atoms with Crippen molar-refractivity contribution in [2.24, 2.45) is 0 Å². The van der Waals surface area contributed by atoms with Crippen LogP contribution in [0.1, 0.15) is 0 Å². The van der Waals surface area contributed by atoms with Gasteiger partial charge in [0.2, 0.25) is 5.82 Å². The van der Waals surface area contributed by atoms with E-state index in [1.54, 1.807) is 22.8 Å². The summed E-state index contributed by atoms with van der Waals surface area (Å²) < 4.78 is 1.71. The Labute approximate surface area is 135 Å². The minimum absolute atomic E-state index is 0.556. The lowest BCUT2D eigenvalue weighted by atomic mass is 10.1. The highest BCUT2D eigenvalue weighted by molar-refractivity contribution is 6.36. The van der Waals surface area contributed by atoms with Crippen molar-refractivity contribution in [3.63, 3.8) is 0 Å². The van der Waals surface area contributed by atoms with Gasteiger partial charge in [-0.25, -0.2) is 0 Å². The summed E-state index contributed by atoms with van der Waals surface area (Å²) in [7, 11) is 0. The van der Waals surface area contributed by atoms with Crippen molar-refractivity contribution in [1.82, 2.24) is 24.8 Å². The van der Waals surface area contributed by atoms with E-state index in [2.05, 4.69) is 20.3 Å². The number of nitrogens with zero attached hydrogens (tertiary/aromatic N) is 4. The van der Waals surface area contributed by atoms with Crippen LogP contribution in [-0.4, -0.2) is 24.8 Å². The van der Waals surface area contributed by atoms with Crippen molar-refractivity contribution in [2.45, 2.75) is 0 Å². The van der Waals surface area contributed by atoms with Crippen LogP contribution in [-0.2, 0) is 0 Å². The first kappa shape index (κ1) is 13.3. The molecule has 1 aromatic carbocycles. The van der Waals surface area contributed by atoms with Crippen LogP contribution < -0.4 is 0 Å². The molecule has 0 aliphatic heterocycles. The molecular weight excluding hydrogens is 321 g/mol. The van der Waals surface area contributed by atoms with E-state index in [1.807, 2.05) is 30.3 Å². The summed E-state index contributed by atoms with van der Waals surface area (Å²) in [5, 5.41) is 12.9. The Morgan fingerprint density at radius 1 is 1.00 bits per heavy atom. The quantitative estimate of drug-likeness (QED) is 0.602. The maximum Gasteiger partial charge on any atom is 0.201 e. The third kappa shape index (κ3) is 2.15. The molecule has 0 saturated carbocycles. The first-order valence-corrected chi connectivity index (χ1v) is 7.29. The number of halogens is 2. The number of nitrogens with one attached hydrogen (secondary N) is 1. The highest BCUT2D eigenvalue weighted by atomic mass is 35.5. The van der Waals surface area contributed by atoms with Crippen LogP contribution in [0, 0.1) is 0 Å². The third-order valence-corrected chi connectivity index (χ3v) is 3.84. The summed E-state index contributed by atoms with van der Waals surface area (Å²) in [5.74, 6) is 0.645. The number of pyridine rings is 1. The summed E-state index contributed by atoms with van der Waals surface area (Å²) in [6.45, 7) is 0. The van der Waals surface area contributed by atoms with Gasteiger partial charge in [-0.05, 0) is 30.3 Å². The fourth-order valence-corrected chi connectivity index (χ4v) is 2.77. The average molecular weight is 330 g/mol. The molecule has 0 bridgehead atoms. The summed E-state index contributed by atoms with van der Waals surface area (Å²) in [5.41, 5.74) is 3.06. The van der Waals surface area contributed by atoms with Crippen molar-refractivity contribution < 1.29 is 0 Å². The minimum atomic E-state index is 0.556. The highest BCUT2D eigenvalue weighted by Crippen LogP contribution is 2.30. The van der Waals surface area contributed by atoms with Crippen molar-refractivity contribution in [1.29, 1.82) is 0 Å². The van der Waals surface area contributed by atoms with E-state index in [9.17, 15) is 0 Å². The number of H-pyrrole nitrogens is 1. The lowest BCUT2D eigenvalue weighted by Crippen LogP contribution is -1.92. The predicted molar refractivity (Wildman–Crippen MR) is 86.0 cm³/mol. The molecule has 4 aromatic rings. The second-order valence-corrected chi connectivity index (χ2v) is 5.56. The summed E-state index contributed by atoms with van der Waals surface area (Å²) in [6.07, 6.45) is 1.72. The molecule has 0 unspecified atom stereocenters. The van der Waals surface area contributed by atoms with Crippen molar-refractivity contribution in [3.05, 3.63) is 58.7 Å². The molecule has 22 heavy (non-hydrogen) atoms. The number of benzene rings is 1. The Hall–Kier alpha value is -2.37. The smallest absolute Gasteiger partial charge is 0.201 e. The van der Waals surface area contributed by atoms with Crippen molar-refractivity contribution in [2.75, 3.05) is 0 Å². The zero-order valence-corrected chi connectivity index (χ0v) is 12.7. The molecule has 0 amide bonds. The Bertz CT molecular complexity index is 959. The molecule has 1 N–H and O–H groups in total. The minimum Gasteiger partial charge on any atom is -0.259 e. The van der Waals surface area contributed by atoms with Gasteiger partial charge in [0.05, 0.1) is 10.7 Å². The summed E-state index contributed by atoms with van der Waals surface area (Å²) in [6, 6.07) is 12.9. The number of fused-ring (bicyclic) bond motifs is 1. The second-order valence-electron chi connectivity index (χ2n) is 4.71. The van der Waals surface area contributed by atoms with Gasteiger partial charge in [0.15, 0.2) is 5.65 Å². The largest absolute Gasteiger partial charge is 0.259 e. The molecule has 3 aromatic heterocycles. The Morgan fingerprint density at radius 2 is 1.91 bits per heavy atom. The maximum atomic E-state index is 6.24. The normalized spacial score (nSPS) is 11.2. The highest BCUT2D eigenvalue weighted by Gasteiger charge is 2.14. The van der Waals surface area contributed by atoms with Crippen LogP contribution >= 0.6 is 23.2 Å². The molecule has 0 fully saturated rings. The topological polar surface area (TPSA) is 58.9 Å². The fourth-order valence-electron chi connectivity index (χ4n) is 2.27. The average Bonchev–Trinajstić information content (AvgIpc) is 3.08. The monoisotopic (exact) mass is 329 g/mol. The number of aromatic amines is 1. The number of aromatic nitrogens is 5. The lowest BCUT2D eigenvalue weighted by molar-refractivity contribution is 0.961. The third-order valence-electron chi connectivity index (χ3n) is 3.29. The van der Waals surface area contributed by atoms with E-state index in [-0.39, 0.29) is 0 Å². The summed E-state index contributed by atoms with van der Waals surface area (Å²) >= 11 is 12.2. The zero-order chi connectivity index (χ0) is 15.1. The van der Waals surface area contributed by atoms with Gasteiger partial charge in [-0.3, -0.25) is 10.1 Å². The van der Waals surface area contributed by atoms with Gasteiger partial charge in [0.1, 0.15) is 5.69 Å². The first-order chi connectivity index (χ1) is 10.7. The molecule has 4 rings (SSSR count). The van der Waals surface area contributed by atoms with E-state index < -0.39 is 0 Å². The van der Waals surface area contributed by atoms with Crippen LogP contribution in [0.25, 0.3) is 28.4 Å². The van der Waals surface area contributed by atoms with Gasteiger partial charge in [-0.2, -0.15) is 14.7 Å². The number of hydrogen-bond acceptors (Lipinski definition) is 3. The van der Waals surface area contributed by atoms with E-state index in [4.69, 9.17) is 23.2 Å². The van der Waals surface area contributed by atoms with Crippen molar-refractivity contribution >= 4 is 28.8 Å². The Kier molecular flexibility index (Phi) is 3.10. The Morgan fingerprint density at radius 3 is 2.68 bits per heavy atom. The Balaban J connectivity index is 1.87. The number of rotatable bonds is 2. The van der Waals surface area contributed by atoms with Gasteiger partial charge in [-0.1, -0.05) is 29.3 Å². The number of hydrogen-bond donors (Lipinski definition) is 1.